The number of hydrogen-bond donors (Lipinski definition) is 3. The lowest BCUT2D eigenvalue weighted by Crippen LogP contribution is -2.54. The number of carbonyl (C=O) groups excluding carboxylic acids is 3. The van der Waals surface area contributed by atoms with Gasteiger partial charge in [-0.1, -0.05) is 37.1 Å². The number of halogens is 1. The Morgan fingerprint density at radius 3 is 2.33 bits per heavy atom. The van der Waals surface area contributed by atoms with E-state index in [1.807, 2.05) is 6.07 Å². The third kappa shape index (κ3) is 3.96. The normalized spacial score (nSPS) is 18.7. The van der Waals surface area contributed by atoms with E-state index in [-0.39, 0.29) is 28.9 Å². The van der Waals surface area contributed by atoms with Crippen LogP contribution in [0.25, 0.3) is 10.9 Å². The quantitative estimate of drug-likeness (QED) is 0.447. The molecule has 0 radical (unpaired) electrons. The molecule has 30 heavy (non-hydrogen) atoms. The standard InChI is InChI=1S/C23H22FN3O3/c24-16-9-6-12-19-20(16)15(13-25-19)21(28)23(30)27-18-11-5-4-10-17(18)26-22(29)14-7-2-1-3-8-14/h1-3,6-9,12-13,17-18,25H,4-5,10-11H2,(H,26,29)(H,27,30)/t17-,18-/m0/s1. The van der Waals surface area contributed by atoms with Crippen LogP contribution < -0.4 is 10.6 Å². The second kappa shape index (κ2) is 8.49. The molecule has 6 nitrogen and oxygen atoms in total. The van der Waals surface area contributed by atoms with E-state index in [0.29, 0.717) is 23.9 Å². The Kier molecular flexibility index (Phi) is 5.61. The molecule has 0 bridgehead atoms. The summed E-state index contributed by atoms with van der Waals surface area (Å²) in [5.74, 6) is -2.38. The van der Waals surface area contributed by atoms with Crippen LogP contribution in [-0.4, -0.2) is 34.7 Å². The Bertz CT molecular complexity index is 1090. The monoisotopic (exact) mass is 407 g/mol. The molecule has 1 aromatic heterocycles. The number of Topliss-reactive ketones (excluding diaryl/α,β-unsaturated/α-hetero) is 1. The lowest BCUT2D eigenvalue weighted by atomic mass is 9.89. The first-order chi connectivity index (χ1) is 14.5. The Balaban J connectivity index is 1.47. The van der Waals surface area contributed by atoms with Gasteiger partial charge < -0.3 is 15.6 Å². The maximum Gasteiger partial charge on any atom is 0.292 e. The summed E-state index contributed by atoms with van der Waals surface area (Å²) in [6, 6.07) is 12.6. The first kappa shape index (κ1) is 19.8. The van der Waals surface area contributed by atoms with Gasteiger partial charge in [0.05, 0.1) is 5.56 Å². The Morgan fingerprint density at radius 1 is 0.900 bits per heavy atom. The number of hydrogen-bond acceptors (Lipinski definition) is 3. The van der Waals surface area contributed by atoms with Crippen LogP contribution in [-0.2, 0) is 4.79 Å². The smallest absolute Gasteiger partial charge is 0.292 e. The number of ketones is 1. The van der Waals surface area contributed by atoms with E-state index in [9.17, 15) is 18.8 Å². The summed E-state index contributed by atoms with van der Waals surface area (Å²) < 4.78 is 14.2. The van der Waals surface area contributed by atoms with Gasteiger partial charge in [-0.3, -0.25) is 14.4 Å². The van der Waals surface area contributed by atoms with E-state index >= 15 is 0 Å². The van der Waals surface area contributed by atoms with Crippen molar-refractivity contribution in [1.82, 2.24) is 15.6 Å². The molecule has 0 saturated heterocycles. The molecule has 7 heteroatoms. The molecule has 0 spiro atoms. The Labute approximate surface area is 172 Å². The molecular weight excluding hydrogens is 385 g/mol. The zero-order chi connectivity index (χ0) is 21.1. The molecule has 2 aromatic carbocycles. The number of nitrogens with one attached hydrogen (secondary N) is 3. The van der Waals surface area contributed by atoms with Crippen LogP contribution >= 0.6 is 0 Å². The summed E-state index contributed by atoms with van der Waals surface area (Å²) in [6.45, 7) is 0. The van der Waals surface area contributed by atoms with Crippen LogP contribution in [0.4, 0.5) is 4.39 Å². The predicted octanol–water partition coefficient (Wildman–Crippen LogP) is 3.35. The van der Waals surface area contributed by atoms with Crippen molar-refractivity contribution in [2.24, 2.45) is 0 Å². The first-order valence-electron chi connectivity index (χ1n) is 10.0. The summed E-state index contributed by atoms with van der Waals surface area (Å²) in [5.41, 5.74) is 0.997. The number of carbonyl (C=O) groups is 3. The average molecular weight is 407 g/mol. The highest BCUT2D eigenvalue weighted by molar-refractivity contribution is 6.45. The molecule has 2 amide bonds. The van der Waals surface area contributed by atoms with Crippen molar-refractivity contribution in [2.45, 2.75) is 37.8 Å². The fourth-order valence-electron chi connectivity index (χ4n) is 3.99. The van der Waals surface area contributed by atoms with Gasteiger partial charge in [-0.2, -0.15) is 0 Å². The zero-order valence-corrected chi connectivity index (χ0v) is 16.3. The van der Waals surface area contributed by atoms with E-state index in [1.54, 1.807) is 30.3 Å². The molecule has 0 unspecified atom stereocenters. The highest BCUT2D eigenvalue weighted by Gasteiger charge is 2.31. The van der Waals surface area contributed by atoms with Crippen molar-refractivity contribution in [3.8, 4) is 0 Å². The van der Waals surface area contributed by atoms with Crippen molar-refractivity contribution in [1.29, 1.82) is 0 Å². The van der Waals surface area contributed by atoms with Gasteiger partial charge in [-0.15, -0.1) is 0 Å². The number of aromatic nitrogens is 1. The summed E-state index contributed by atoms with van der Waals surface area (Å²) in [5, 5.41) is 5.84. The fourth-order valence-corrected chi connectivity index (χ4v) is 3.99. The number of rotatable bonds is 5. The summed E-state index contributed by atoms with van der Waals surface area (Å²) in [7, 11) is 0. The molecule has 1 saturated carbocycles. The predicted molar refractivity (Wildman–Crippen MR) is 111 cm³/mol. The topological polar surface area (TPSA) is 91.1 Å². The molecule has 1 aliphatic rings. The second-order valence-corrected chi connectivity index (χ2v) is 7.50. The second-order valence-electron chi connectivity index (χ2n) is 7.50. The van der Waals surface area contributed by atoms with Crippen molar-refractivity contribution < 1.29 is 18.8 Å². The summed E-state index contributed by atoms with van der Waals surface area (Å²) >= 11 is 0. The van der Waals surface area contributed by atoms with Crippen molar-refractivity contribution >= 4 is 28.5 Å². The lowest BCUT2D eigenvalue weighted by Gasteiger charge is -2.32. The summed E-state index contributed by atoms with van der Waals surface area (Å²) in [6.07, 6.45) is 4.53. The molecule has 0 aliphatic heterocycles. The number of H-pyrrole nitrogens is 1. The van der Waals surface area contributed by atoms with E-state index in [4.69, 9.17) is 0 Å². The van der Waals surface area contributed by atoms with Gasteiger partial charge >= 0.3 is 0 Å². The third-order valence-electron chi connectivity index (χ3n) is 5.54. The van der Waals surface area contributed by atoms with Gasteiger partial charge in [0.25, 0.3) is 17.6 Å². The first-order valence-corrected chi connectivity index (χ1v) is 10.0. The SMILES string of the molecule is O=C(N[C@H]1CCCC[C@@H]1NC(=O)c1ccccc1)C(=O)c1c[nH]c2cccc(F)c12. The third-order valence-corrected chi connectivity index (χ3v) is 5.54. The molecular formula is C23H22FN3O3. The molecule has 1 heterocycles. The highest BCUT2D eigenvalue weighted by Crippen LogP contribution is 2.23. The number of amides is 2. The number of fused-ring (bicyclic) bond motifs is 1. The molecule has 3 N–H and O–H groups in total. The molecule has 2 atom stereocenters. The van der Waals surface area contributed by atoms with Crippen LogP contribution in [0, 0.1) is 5.82 Å². The molecule has 4 rings (SSSR count). The fraction of sp³-hybridized carbons (Fsp3) is 0.261. The minimum Gasteiger partial charge on any atom is -0.360 e. The van der Waals surface area contributed by atoms with Crippen LogP contribution in [0.1, 0.15) is 46.4 Å². The van der Waals surface area contributed by atoms with Crippen molar-refractivity contribution in [3.63, 3.8) is 0 Å². The van der Waals surface area contributed by atoms with E-state index in [1.165, 1.54) is 18.3 Å². The van der Waals surface area contributed by atoms with Gasteiger partial charge in [0.15, 0.2) is 0 Å². The Hall–Kier alpha value is -3.48. The van der Waals surface area contributed by atoms with Gasteiger partial charge in [0, 0.05) is 34.7 Å². The van der Waals surface area contributed by atoms with Gasteiger partial charge in [0.1, 0.15) is 5.82 Å². The number of benzene rings is 2. The largest absolute Gasteiger partial charge is 0.360 e. The average Bonchev–Trinajstić information content (AvgIpc) is 3.20. The van der Waals surface area contributed by atoms with Crippen molar-refractivity contribution in [2.75, 3.05) is 0 Å². The Morgan fingerprint density at radius 2 is 1.60 bits per heavy atom. The van der Waals surface area contributed by atoms with E-state index in [2.05, 4.69) is 15.6 Å². The molecule has 1 aliphatic carbocycles. The highest BCUT2D eigenvalue weighted by atomic mass is 19.1. The minimum atomic E-state index is -0.801. The van der Waals surface area contributed by atoms with Gasteiger partial charge in [-0.05, 0) is 37.1 Å². The lowest BCUT2D eigenvalue weighted by molar-refractivity contribution is -0.118. The zero-order valence-electron chi connectivity index (χ0n) is 16.3. The molecule has 1 fully saturated rings. The van der Waals surface area contributed by atoms with Crippen LogP contribution in [0.3, 0.4) is 0 Å². The molecule has 154 valence electrons. The van der Waals surface area contributed by atoms with Crippen LogP contribution in [0.5, 0.6) is 0 Å². The van der Waals surface area contributed by atoms with Crippen LogP contribution in [0.15, 0.2) is 54.7 Å². The maximum atomic E-state index is 14.2. The van der Waals surface area contributed by atoms with Crippen LogP contribution in [0.2, 0.25) is 0 Å². The maximum absolute atomic E-state index is 14.2. The van der Waals surface area contributed by atoms with E-state index < -0.39 is 17.5 Å². The van der Waals surface area contributed by atoms with Crippen molar-refractivity contribution in [3.05, 3.63) is 71.7 Å². The van der Waals surface area contributed by atoms with Gasteiger partial charge in [-0.25, -0.2) is 4.39 Å². The summed E-state index contributed by atoms with van der Waals surface area (Å²) in [4.78, 5) is 40.7. The van der Waals surface area contributed by atoms with Gasteiger partial charge in [0.2, 0.25) is 0 Å². The number of aromatic amines is 1. The minimum absolute atomic E-state index is 0.00119. The van der Waals surface area contributed by atoms with E-state index in [0.717, 1.165) is 12.8 Å². The molecule has 3 aromatic rings.